The Morgan fingerprint density at radius 3 is 1.35 bits per heavy atom. The minimum Gasteiger partial charge on any atom is -0.0793 e. The molecule has 0 aromatic heterocycles. The van der Waals surface area contributed by atoms with Crippen molar-refractivity contribution in [2.75, 3.05) is 0 Å². The zero-order valence-electron chi connectivity index (χ0n) is 35.8. The van der Waals surface area contributed by atoms with Crippen LogP contribution in [0, 0.1) is 0 Å². The Balaban J connectivity index is 0.00000561. The van der Waals surface area contributed by atoms with Gasteiger partial charge in [-0.25, -0.2) is 0 Å². The number of rotatable bonds is 12. The zero-order valence-corrected chi connectivity index (χ0v) is 41.3. The molecule has 0 nitrogen and oxygen atoms in total. The number of benzene rings is 4. The second-order valence-electron chi connectivity index (χ2n) is 18.5. The summed E-state index contributed by atoms with van der Waals surface area (Å²) < 4.78 is 0. The molecular weight excluding hydrogens is 776 g/mol. The monoisotopic (exact) mass is 842 g/mol. The van der Waals surface area contributed by atoms with Gasteiger partial charge in [-0.1, -0.05) is 233 Å². The molecular formula is C50H68Si3Zr. The zero-order chi connectivity index (χ0) is 38.4. The fourth-order valence-corrected chi connectivity index (χ4v) is 23.4. The third-order valence-corrected chi connectivity index (χ3v) is 30.8. The second-order valence-corrected chi connectivity index (χ2v) is 33.0. The van der Waals surface area contributed by atoms with Crippen LogP contribution in [0.1, 0.15) is 105 Å². The van der Waals surface area contributed by atoms with E-state index in [0.29, 0.717) is 5.54 Å². The Morgan fingerprint density at radius 1 is 0.519 bits per heavy atom. The van der Waals surface area contributed by atoms with E-state index < -0.39 is 24.2 Å². The van der Waals surface area contributed by atoms with Crippen molar-refractivity contribution in [2.24, 2.45) is 0 Å². The molecule has 0 fully saturated rings. The third-order valence-electron chi connectivity index (χ3n) is 14.4. The topological polar surface area (TPSA) is 0 Å². The predicted molar refractivity (Wildman–Crippen MR) is 245 cm³/mol. The van der Waals surface area contributed by atoms with Crippen LogP contribution in [-0.4, -0.2) is 24.2 Å². The van der Waals surface area contributed by atoms with Crippen molar-refractivity contribution >= 4 is 50.2 Å². The molecule has 6 rings (SSSR count). The number of hydrogen-bond acceptors (Lipinski definition) is 0. The van der Waals surface area contributed by atoms with E-state index in [-0.39, 0.29) is 37.0 Å². The smallest absolute Gasteiger partial charge is 0.0793 e. The molecule has 0 unspecified atom stereocenters. The Bertz CT molecular complexity index is 1890. The quantitative estimate of drug-likeness (QED) is 0.0867. The van der Waals surface area contributed by atoms with Crippen molar-refractivity contribution in [2.45, 2.75) is 142 Å². The first-order valence-corrected chi connectivity index (χ1v) is 28.4. The summed E-state index contributed by atoms with van der Waals surface area (Å²) in [4.78, 5) is 0. The maximum Gasteiger partial charge on any atom is 0.159 e. The van der Waals surface area contributed by atoms with Gasteiger partial charge >= 0.3 is 0 Å². The molecule has 4 aromatic rings. The number of fused-ring (bicyclic) bond motifs is 3. The molecule has 4 aromatic carbocycles. The van der Waals surface area contributed by atoms with Crippen LogP contribution >= 0.6 is 0 Å². The molecule has 0 atom stereocenters. The fourth-order valence-electron chi connectivity index (χ4n) is 10.4. The van der Waals surface area contributed by atoms with E-state index in [2.05, 4.69) is 186 Å². The van der Waals surface area contributed by atoms with Crippen molar-refractivity contribution in [3.8, 4) is 11.1 Å². The second kappa shape index (κ2) is 16.4. The maximum atomic E-state index is 2.63. The van der Waals surface area contributed by atoms with Crippen LogP contribution in [0.3, 0.4) is 0 Å². The summed E-state index contributed by atoms with van der Waals surface area (Å²) in [6, 6.07) is 41.2. The van der Waals surface area contributed by atoms with Crippen molar-refractivity contribution < 1.29 is 26.2 Å². The van der Waals surface area contributed by atoms with Crippen molar-refractivity contribution in [1.29, 1.82) is 0 Å². The third kappa shape index (κ3) is 7.18. The molecule has 0 amide bonds. The summed E-state index contributed by atoms with van der Waals surface area (Å²) in [6.07, 6.45) is 10.8. The van der Waals surface area contributed by atoms with Crippen LogP contribution in [0.4, 0.5) is 0 Å². The van der Waals surface area contributed by atoms with Gasteiger partial charge in [0.2, 0.25) is 0 Å². The Hall–Kier alpha value is -2.11. The van der Waals surface area contributed by atoms with Gasteiger partial charge in [0.25, 0.3) is 0 Å². The van der Waals surface area contributed by atoms with Gasteiger partial charge in [-0.15, -0.1) is 0 Å². The van der Waals surface area contributed by atoms with Gasteiger partial charge in [0, 0.05) is 31.7 Å². The van der Waals surface area contributed by atoms with Crippen molar-refractivity contribution in [3.63, 3.8) is 0 Å². The van der Waals surface area contributed by atoms with Gasteiger partial charge in [-0.3, -0.25) is 0 Å². The van der Waals surface area contributed by atoms with Gasteiger partial charge in [-0.05, 0) is 66.2 Å². The SMILES string of the molecule is CC[Si](CC)(CC)c1ccc([Si](c2ccc([Si](CC)(CC)CC)cc2)(c2c(C(C)(C)C)ccc3c2Cc2cc(C(C)(C)C)ccc2-3)C2C=CC=C2)cc1.[Zr]. The molecule has 0 bridgehead atoms. The van der Waals surface area contributed by atoms with E-state index in [4.69, 9.17) is 0 Å². The first-order chi connectivity index (χ1) is 25.2. The standard InChI is InChI=1S/C50H68Si3.Zr/c1-13-51(14-2,15-3)39-24-28-42(29-25-39)53(41-21-19-20-22-41,43-30-26-40(27-31-43)52(16-4,17-5)18-6)48-46-36-37-35-38(49(7,8)9)23-32-44(37)45(46)33-34-47(48)50(10,11)12;/h19-35,41H,13-18,36H2,1-12H3;. The molecule has 2 aliphatic carbocycles. The van der Waals surface area contributed by atoms with Crippen molar-refractivity contribution in [3.05, 3.63) is 125 Å². The maximum absolute atomic E-state index is 2.76. The summed E-state index contributed by atoms with van der Waals surface area (Å²) in [5.74, 6) is 0. The molecule has 0 heterocycles. The van der Waals surface area contributed by atoms with E-state index in [1.807, 2.05) is 0 Å². The largest absolute Gasteiger partial charge is 0.159 e. The molecule has 0 saturated heterocycles. The molecule has 284 valence electrons. The van der Waals surface area contributed by atoms with E-state index in [9.17, 15) is 0 Å². The Kier molecular flexibility index (Phi) is 13.1. The average Bonchev–Trinajstić information content (AvgIpc) is 3.83. The van der Waals surface area contributed by atoms with Crippen LogP contribution in [0.5, 0.6) is 0 Å². The summed E-state index contributed by atoms with van der Waals surface area (Å²) in [5, 5.41) is 8.09. The van der Waals surface area contributed by atoms with Gasteiger partial charge in [-0.2, -0.15) is 0 Å². The van der Waals surface area contributed by atoms with Gasteiger partial charge in [0.15, 0.2) is 8.07 Å². The van der Waals surface area contributed by atoms with Crippen LogP contribution in [0.15, 0.2) is 103 Å². The summed E-state index contributed by atoms with van der Waals surface area (Å²) in [6.45, 7) is 29.1. The van der Waals surface area contributed by atoms with E-state index in [0.717, 1.165) is 6.42 Å². The molecule has 0 saturated carbocycles. The Labute approximate surface area is 352 Å². The molecule has 0 spiro atoms. The minimum absolute atomic E-state index is 0. The molecule has 4 heteroatoms. The molecule has 54 heavy (non-hydrogen) atoms. The van der Waals surface area contributed by atoms with E-state index in [1.54, 1.807) is 31.5 Å². The molecule has 0 N–H and O–H groups in total. The summed E-state index contributed by atoms with van der Waals surface area (Å²) in [7, 11) is -5.83. The molecule has 2 aliphatic rings. The van der Waals surface area contributed by atoms with E-state index in [1.165, 1.54) is 64.1 Å². The Morgan fingerprint density at radius 2 is 0.944 bits per heavy atom. The van der Waals surface area contributed by atoms with E-state index >= 15 is 0 Å². The minimum atomic E-state index is -2.76. The van der Waals surface area contributed by atoms with Crippen LogP contribution in [0.2, 0.25) is 41.8 Å². The van der Waals surface area contributed by atoms with Crippen LogP contribution in [0.25, 0.3) is 11.1 Å². The predicted octanol–water partition coefficient (Wildman–Crippen LogP) is 11.2. The normalized spacial score (nSPS) is 14.7. The van der Waals surface area contributed by atoms with Crippen LogP contribution < -0.4 is 25.9 Å². The van der Waals surface area contributed by atoms with Crippen molar-refractivity contribution in [1.82, 2.24) is 0 Å². The van der Waals surface area contributed by atoms with Gasteiger partial charge in [0.05, 0.1) is 16.1 Å². The molecule has 0 radical (unpaired) electrons. The molecule has 0 aliphatic heterocycles. The summed E-state index contributed by atoms with van der Waals surface area (Å²) in [5.41, 5.74) is 9.40. The first kappa shape index (κ1) is 43.0. The van der Waals surface area contributed by atoms with Gasteiger partial charge in [0.1, 0.15) is 0 Å². The van der Waals surface area contributed by atoms with Gasteiger partial charge < -0.3 is 0 Å². The number of hydrogen-bond donors (Lipinski definition) is 0. The fraction of sp³-hybridized carbons (Fsp3) is 0.440. The average molecular weight is 845 g/mol. The number of allylic oxidation sites excluding steroid dienone is 4. The first-order valence-electron chi connectivity index (χ1n) is 21.1. The van der Waals surface area contributed by atoms with Crippen LogP contribution in [-0.2, 0) is 43.5 Å². The summed E-state index contributed by atoms with van der Waals surface area (Å²) >= 11 is 0.